The lowest BCUT2D eigenvalue weighted by Gasteiger charge is -1.97. The first-order valence-corrected chi connectivity index (χ1v) is 5.15. The molecule has 0 saturated heterocycles. The third-order valence-electron chi connectivity index (χ3n) is 2.40. The van der Waals surface area contributed by atoms with Crippen molar-refractivity contribution < 1.29 is 0 Å². The van der Waals surface area contributed by atoms with Crippen molar-refractivity contribution in [2.24, 2.45) is 0 Å². The molecule has 1 fully saturated rings. The Morgan fingerprint density at radius 2 is 2.25 bits per heavy atom. The number of thiazole rings is 1. The summed E-state index contributed by atoms with van der Waals surface area (Å²) in [4.78, 5) is 4.31. The number of hydrogen-bond acceptors (Lipinski definition) is 2. The van der Waals surface area contributed by atoms with Crippen LogP contribution in [-0.2, 0) is 0 Å². The molecule has 1 nitrogen and oxygen atoms in total. The van der Waals surface area contributed by atoms with E-state index in [1.807, 2.05) is 5.51 Å². The molecule has 0 N–H and O–H groups in total. The van der Waals surface area contributed by atoms with Crippen LogP contribution < -0.4 is 0 Å². The zero-order valence-corrected chi connectivity index (χ0v) is 7.47. The second kappa shape index (κ2) is 2.30. The van der Waals surface area contributed by atoms with Crippen LogP contribution in [0.5, 0.6) is 0 Å². The Bertz CT molecular complexity index is 414. The molecule has 0 amide bonds. The molecule has 0 unspecified atom stereocenters. The highest BCUT2D eigenvalue weighted by Gasteiger charge is 2.25. The molecule has 0 atom stereocenters. The molecule has 60 valence electrons. The van der Waals surface area contributed by atoms with Crippen molar-refractivity contribution in [3.8, 4) is 0 Å². The van der Waals surface area contributed by atoms with Crippen molar-refractivity contribution in [1.29, 1.82) is 0 Å². The van der Waals surface area contributed by atoms with E-state index in [0.29, 0.717) is 0 Å². The van der Waals surface area contributed by atoms with E-state index in [1.165, 1.54) is 28.6 Å². The second-order valence-corrected chi connectivity index (χ2v) is 4.18. The normalized spacial score (nSPS) is 17.0. The highest BCUT2D eigenvalue weighted by Crippen LogP contribution is 2.43. The van der Waals surface area contributed by atoms with Crippen molar-refractivity contribution in [2.75, 3.05) is 0 Å². The molecule has 0 radical (unpaired) electrons. The number of nitrogens with zero attached hydrogens (tertiary/aromatic N) is 1. The van der Waals surface area contributed by atoms with Gasteiger partial charge in [-0.15, -0.1) is 11.3 Å². The lowest BCUT2D eigenvalue weighted by atomic mass is 10.1. The fourth-order valence-electron chi connectivity index (χ4n) is 1.62. The maximum atomic E-state index is 4.31. The largest absolute Gasteiger partial charge is 0.245 e. The van der Waals surface area contributed by atoms with Crippen molar-refractivity contribution in [1.82, 2.24) is 4.98 Å². The van der Waals surface area contributed by atoms with E-state index in [0.717, 1.165) is 5.92 Å². The van der Waals surface area contributed by atoms with Crippen LogP contribution in [0.2, 0.25) is 0 Å². The Morgan fingerprint density at radius 1 is 1.33 bits per heavy atom. The molecule has 2 heteroatoms. The molecule has 3 rings (SSSR count). The van der Waals surface area contributed by atoms with Crippen LogP contribution in [0.3, 0.4) is 0 Å². The van der Waals surface area contributed by atoms with Gasteiger partial charge in [-0.25, -0.2) is 4.98 Å². The molecule has 1 heterocycles. The third kappa shape index (κ3) is 0.879. The van der Waals surface area contributed by atoms with Gasteiger partial charge in [-0.05, 0) is 30.4 Å². The average molecular weight is 175 g/mol. The molecular weight excluding hydrogens is 166 g/mol. The van der Waals surface area contributed by atoms with E-state index in [-0.39, 0.29) is 0 Å². The molecule has 2 aromatic rings. The first-order chi connectivity index (χ1) is 5.95. The molecule has 0 bridgehead atoms. The molecule has 0 aliphatic heterocycles. The predicted molar refractivity (Wildman–Crippen MR) is 51.6 cm³/mol. The van der Waals surface area contributed by atoms with E-state index in [2.05, 4.69) is 23.2 Å². The third-order valence-corrected chi connectivity index (χ3v) is 3.30. The summed E-state index contributed by atoms with van der Waals surface area (Å²) in [6, 6.07) is 6.46. The molecule has 1 aliphatic rings. The van der Waals surface area contributed by atoms with Crippen LogP contribution in [0.15, 0.2) is 23.7 Å². The fraction of sp³-hybridized carbons (Fsp3) is 0.300. The monoisotopic (exact) mass is 175 g/mol. The second-order valence-electron chi connectivity index (χ2n) is 3.32. The zero-order valence-electron chi connectivity index (χ0n) is 6.66. The molecular formula is C10H9NS. The van der Waals surface area contributed by atoms with Crippen LogP contribution >= 0.6 is 11.3 Å². The average Bonchev–Trinajstić information content (AvgIpc) is 2.82. The van der Waals surface area contributed by atoms with Gasteiger partial charge in [-0.2, -0.15) is 0 Å². The smallest absolute Gasteiger partial charge is 0.0814 e. The predicted octanol–water partition coefficient (Wildman–Crippen LogP) is 3.17. The Morgan fingerprint density at radius 3 is 3.08 bits per heavy atom. The molecule has 1 aromatic heterocycles. The summed E-state index contributed by atoms with van der Waals surface area (Å²) in [6.45, 7) is 0. The Labute approximate surface area is 75.1 Å². The minimum atomic E-state index is 0.842. The van der Waals surface area contributed by atoms with Crippen LogP contribution in [0.4, 0.5) is 0 Å². The first-order valence-electron chi connectivity index (χ1n) is 4.27. The van der Waals surface area contributed by atoms with E-state index >= 15 is 0 Å². The van der Waals surface area contributed by atoms with E-state index in [4.69, 9.17) is 0 Å². The summed E-state index contributed by atoms with van der Waals surface area (Å²) in [7, 11) is 0. The number of hydrogen-bond donors (Lipinski definition) is 0. The van der Waals surface area contributed by atoms with Gasteiger partial charge in [0, 0.05) is 0 Å². The Kier molecular flexibility index (Phi) is 1.27. The number of benzene rings is 1. The Balaban J connectivity index is 2.32. The number of aromatic nitrogens is 1. The zero-order chi connectivity index (χ0) is 7.97. The first kappa shape index (κ1) is 6.61. The minimum Gasteiger partial charge on any atom is -0.245 e. The minimum absolute atomic E-state index is 0.842. The van der Waals surface area contributed by atoms with E-state index < -0.39 is 0 Å². The Hall–Kier alpha value is -0.890. The number of rotatable bonds is 1. The van der Waals surface area contributed by atoms with Gasteiger partial charge < -0.3 is 0 Å². The maximum Gasteiger partial charge on any atom is 0.0814 e. The quantitative estimate of drug-likeness (QED) is 0.648. The van der Waals surface area contributed by atoms with Crippen LogP contribution in [0.1, 0.15) is 24.3 Å². The highest BCUT2D eigenvalue weighted by atomic mass is 32.1. The van der Waals surface area contributed by atoms with Crippen molar-refractivity contribution >= 4 is 21.6 Å². The standard InChI is InChI=1S/C10H9NS/c1-2-8(7-4-5-7)10-9(3-1)11-6-12-10/h1-3,6-7H,4-5H2. The van der Waals surface area contributed by atoms with E-state index in [9.17, 15) is 0 Å². The fourth-order valence-corrected chi connectivity index (χ4v) is 2.51. The molecule has 1 aromatic carbocycles. The summed E-state index contributed by atoms with van der Waals surface area (Å²) >= 11 is 1.77. The lowest BCUT2D eigenvalue weighted by Crippen LogP contribution is -1.78. The summed E-state index contributed by atoms with van der Waals surface area (Å²) in [6.07, 6.45) is 2.74. The van der Waals surface area contributed by atoms with Crippen molar-refractivity contribution in [3.63, 3.8) is 0 Å². The molecule has 12 heavy (non-hydrogen) atoms. The topological polar surface area (TPSA) is 12.9 Å². The van der Waals surface area contributed by atoms with Gasteiger partial charge in [0.25, 0.3) is 0 Å². The van der Waals surface area contributed by atoms with Crippen LogP contribution in [0, 0.1) is 0 Å². The number of fused-ring (bicyclic) bond motifs is 1. The SMILES string of the molecule is c1cc(C2CC2)c2scnc2c1. The molecule has 1 aliphatic carbocycles. The summed E-state index contributed by atoms with van der Waals surface area (Å²) in [5, 5.41) is 0. The lowest BCUT2D eigenvalue weighted by molar-refractivity contribution is 1.16. The van der Waals surface area contributed by atoms with Gasteiger partial charge in [0.2, 0.25) is 0 Å². The van der Waals surface area contributed by atoms with Crippen LogP contribution in [0.25, 0.3) is 10.2 Å². The van der Waals surface area contributed by atoms with Gasteiger partial charge in [-0.3, -0.25) is 0 Å². The maximum absolute atomic E-state index is 4.31. The van der Waals surface area contributed by atoms with Gasteiger partial charge in [0.1, 0.15) is 0 Å². The van der Waals surface area contributed by atoms with Gasteiger partial charge in [0.15, 0.2) is 0 Å². The summed E-state index contributed by atoms with van der Waals surface area (Å²) < 4.78 is 1.40. The van der Waals surface area contributed by atoms with Gasteiger partial charge in [-0.1, -0.05) is 12.1 Å². The van der Waals surface area contributed by atoms with Crippen molar-refractivity contribution in [2.45, 2.75) is 18.8 Å². The molecule has 1 saturated carbocycles. The summed E-state index contributed by atoms with van der Waals surface area (Å²) in [5.41, 5.74) is 4.63. The van der Waals surface area contributed by atoms with Crippen molar-refractivity contribution in [3.05, 3.63) is 29.3 Å². The van der Waals surface area contributed by atoms with Gasteiger partial charge in [0.05, 0.1) is 15.7 Å². The molecule has 0 spiro atoms. The highest BCUT2D eigenvalue weighted by molar-refractivity contribution is 7.17. The van der Waals surface area contributed by atoms with Crippen LogP contribution in [-0.4, -0.2) is 4.98 Å². The summed E-state index contributed by atoms with van der Waals surface area (Å²) in [5.74, 6) is 0.842. The van der Waals surface area contributed by atoms with E-state index in [1.54, 1.807) is 11.3 Å². The van der Waals surface area contributed by atoms with Gasteiger partial charge >= 0.3 is 0 Å².